The molecule has 0 aliphatic carbocycles. The first kappa shape index (κ1) is 37.0. The van der Waals surface area contributed by atoms with Gasteiger partial charge in [0, 0.05) is 37.4 Å². The number of hydrogen-bond donors (Lipinski definition) is 2. The first-order valence-corrected chi connectivity index (χ1v) is 15.6. The zero-order valence-electron chi connectivity index (χ0n) is 25.6. The Balaban J connectivity index is 0.00000800. The van der Waals surface area contributed by atoms with E-state index < -0.39 is 29.7 Å². The highest BCUT2D eigenvalue weighted by Gasteiger charge is 2.39. The van der Waals surface area contributed by atoms with Gasteiger partial charge in [-0.3, -0.25) is 19.1 Å². The van der Waals surface area contributed by atoms with Crippen LogP contribution in [-0.4, -0.2) is 64.3 Å². The Morgan fingerprint density at radius 3 is 2.05 bits per heavy atom. The van der Waals surface area contributed by atoms with Gasteiger partial charge in [0.1, 0.15) is 24.7 Å². The Morgan fingerprint density at radius 1 is 0.950 bits per heavy atom. The summed E-state index contributed by atoms with van der Waals surface area (Å²) in [6.45, 7) is 5.30. The van der Waals surface area contributed by atoms with E-state index in [1.165, 1.54) is 81.4 Å². The fraction of sp³-hybridized carbons (Fsp3) is 0.839. The van der Waals surface area contributed by atoms with Crippen molar-refractivity contribution < 1.29 is 43.1 Å². The summed E-state index contributed by atoms with van der Waals surface area (Å²) in [7, 11) is 4.16. The highest BCUT2D eigenvalue weighted by molar-refractivity contribution is 5.78. The summed E-state index contributed by atoms with van der Waals surface area (Å²) in [6, 6.07) is 0. The lowest BCUT2D eigenvalue weighted by atomic mass is 10.0. The van der Waals surface area contributed by atoms with Crippen LogP contribution in [0.1, 0.15) is 128 Å². The summed E-state index contributed by atoms with van der Waals surface area (Å²) in [5.74, 6) is 0.350. The molecule has 1 aliphatic heterocycles. The third kappa shape index (κ3) is 14.2. The van der Waals surface area contributed by atoms with Crippen molar-refractivity contribution in [2.75, 3.05) is 27.2 Å². The number of ketones is 1. The highest BCUT2D eigenvalue weighted by Crippen LogP contribution is 2.29. The summed E-state index contributed by atoms with van der Waals surface area (Å²) in [5.41, 5.74) is -0.511. The van der Waals surface area contributed by atoms with Crippen molar-refractivity contribution in [2.24, 2.45) is 0 Å². The minimum absolute atomic E-state index is 0. The number of rotatable bonds is 21. The molecular formula is C31H56IN3O5. The van der Waals surface area contributed by atoms with Gasteiger partial charge in [-0.15, -0.1) is 0 Å². The second kappa shape index (κ2) is 20.0. The number of aliphatic hydroxyl groups excluding tert-OH is 1. The number of aryl methyl sites for hydroxylation is 1. The van der Waals surface area contributed by atoms with Crippen molar-refractivity contribution in [3.8, 4) is 0 Å². The van der Waals surface area contributed by atoms with Crippen molar-refractivity contribution in [3.05, 3.63) is 32.6 Å². The standard InChI is InChI=1S/C31H55N3O5.HI/c1-5-6-7-8-9-10-11-12-13-14-15-16-17-19-26(35)20-18-21-34(3,4)24-28-27(36)22-29(39-28)33-23-25(2)30(37)32-31(33)38;/h23,27-29,36H,5-22,24H2,1-4H3;1H. The van der Waals surface area contributed by atoms with Crippen LogP contribution < -0.4 is 35.2 Å². The molecule has 8 nitrogen and oxygen atoms in total. The number of carbonyl (C=O) groups excluding carboxylic acids is 1. The molecule has 2 rings (SSSR count). The molecule has 1 aromatic rings. The predicted octanol–water partition coefficient (Wildman–Crippen LogP) is 2.40. The SMILES string of the molecule is CCCCCCCCCCCCCCCC(=O)CCC[N+](C)(C)CC1OC(n2cc(C)c(=O)[nH]c2=O)CC1O.[I-]. The average molecular weight is 678 g/mol. The molecular weight excluding hydrogens is 621 g/mol. The van der Waals surface area contributed by atoms with Crippen molar-refractivity contribution >= 4 is 5.78 Å². The molecule has 232 valence electrons. The summed E-state index contributed by atoms with van der Waals surface area (Å²) >= 11 is 0. The lowest BCUT2D eigenvalue weighted by Crippen LogP contribution is -3.00. The van der Waals surface area contributed by atoms with Crippen molar-refractivity contribution in [1.82, 2.24) is 9.55 Å². The second-order valence-electron chi connectivity index (χ2n) is 12.4. The van der Waals surface area contributed by atoms with Gasteiger partial charge < -0.3 is 38.3 Å². The number of H-pyrrole nitrogens is 1. The molecule has 0 spiro atoms. The Morgan fingerprint density at radius 2 is 1.48 bits per heavy atom. The van der Waals surface area contributed by atoms with Crippen LogP contribution in [0.15, 0.2) is 15.8 Å². The second-order valence-corrected chi connectivity index (χ2v) is 12.4. The van der Waals surface area contributed by atoms with Crippen molar-refractivity contribution in [2.45, 2.75) is 141 Å². The largest absolute Gasteiger partial charge is 1.00 e. The fourth-order valence-electron chi connectivity index (χ4n) is 5.60. The molecule has 9 heteroatoms. The number of aromatic nitrogens is 2. The molecule has 1 saturated heterocycles. The number of likely N-dealkylation sites (N-methyl/N-ethyl adjacent to an activating group) is 1. The van der Waals surface area contributed by atoms with Gasteiger partial charge in [0.05, 0.1) is 26.7 Å². The van der Waals surface area contributed by atoms with E-state index in [-0.39, 0.29) is 24.0 Å². The van der Waals surface area contributed by atoms with Crippen LogP contribution in [-0.2, 0) is 9.53 Å². The van der Waals surface area contributed by atoms with Gasteiger partial charge in [-0.25, -0.2) is 4.79 Å². The molecule has 3 unspecified atom stereocenters. The first-order chi connectivity index (χ1) is 18.6. The third-order valence-corrected chi connectivity index (χ3v) is 8.11. The summed E-state index contributed by atoms with van der Waals surface area (Å²) in [5, 5.41) is 10.6. The average Bonchev–Trinajstić information content (AvgIpc) is 3.23. The number of ether oxygens (including phenoxy) is 1. The minimum Gasteiger partial charge on any atom is -1.00 e. The molecule has 2 heterocycles. The molecule has 40 heavy (non-hydrogen) atoms. The molecule has 1 fully saturated rings. The molecule has 3 atom stereocenters. The normalized spacial score (nSPS) is 19.1. The van der Waals surface area contributed by atoms with Crippen LogP contribution >= 0.6 is 0 Å². The van der Waals surface area contributed by atoms with Gasteiger partial charge in [-0.1, -0.05) is 84.0 Å². The lowest BCUT2D eigenvalue weighted by molar-refractivity contribution is -0.893. The van der Waals surface area contributed by atoms with Crippen LogP contribution in [0.3, 0.4) is 0 Å². The Hall–Kier alpha value is -1.04. The summed E-state index contributed by atoms with van der Waals surface area (Å²) in [6.07, 6.45) is 19.2. The fourth-order valence-corrected chi connectivity index (χ4v) is 5.60. The topological polar surface area (TPSA) is 101 Å². The van der Waals surface area contributed by atoms with Crippen molar-refractivity contribution in [1.29, 1.82) is 0 Å². The van der Waals surface area contributed by atoms with Crippen molar-refractivity contribution in [3.63, 3.8) is 0 Å². The van der Waals surface area contributed by atoms with Crippen LogP contribution in [0.25, 0.3) is 0 Å². The molecule has 0 amide bonds. The highest BCUT2D eigenvalue weighted by atomic mass is 127. The minimum atomic E-state index is -0.691. The Labute approximate surface area is 258 Å². The maximum Gasteiger partial charge on any atom is 0.330 e. The first-order valence-electron chi connectivity index (χ1n) is 15.6. The van der Waals surface area contributed by atoms with Crippen LogP contribution in [0.4, 0.5) is 0 Å². The number of carbonyl (C=O) groups is 1. The molecule has 1 aromatic heterocycles. The zero-order valence-corrected chi connectivity index (χ0v) is 27.8. The smallest absolute Gasteiger partial charge is 0.330 e. The number of aromatic amines is 1. The number of hydrogen-bond acceptors (Lipinski definition) is 5. The van der Waals surface area contributed by atoms with E-state index in [1.54, 1.807) is 6.92 Å². The predicted molar refractivity (Wildman–Crippen MR) is 157 cm³/mol. The molecule has 0 radical (unpaired) electrons. The third-order valence-electron chi connectivity index (χ3n) is 8.11. The Kier molecular flexibility index (Phi) is 18.5. The summed E-state index contributed by atoms with van der Waals surface area (Å²) in [4.78, 5) is 38.5. The van der Waals surface area contributed by atoms with Gasteiger partial charge >= 0.3 is 5.69 Å². The molecule has 0 saturated carbocycles. The summed E-state index contributed by atoms with van der Waals surface area (Å²) < 4.78 is 8.02. The number of unbranched alkanes of at least 4 members (excludes halogenated alkanes) is 12. The monoisotopic (exact) mass is 677 g/mol. The quantitative estimate of drug-likeness (QED) is 0.118. The zero-order chi connectivity index (χ0) is 28.7. The van der Waals surface area contributed by atoms with E-state index in [2.05, 4.69) is 26.0 Å². The van der Waals surface area contributed by atoms with Gasteiger partial charge in [-0.05, 0) is 13.3 Å². The van der Waals surface area contributed by atoms with E-state index in [1.807, 2.05) is 0 Å². The number of Topliss-reactive ketones (excluding diaryl/α,β-unsaturated/α-hetero) is 1. The maximum atomic E-state index is 12.4. The van der Waals surface area contributed by atoms with Gasteiger partial charge in [0.15, 0.2) is 0 Å². The molecule has 0 aromatic carbocycles. The van der Waals surface area contributed by atoms with Crippen LogP contribution in [0.2, 0.25) is 0 Å². The van der Waals surface area contributed by atoms with Gasteiger partial charge in [0.2, 0.25) is 0 Å². The van der Waals surface area contributed by atoms with Gasteiger partial charge in [-0.2, -0.15) is 0 Å². The molecule has 2 N–H and O–H groups in total. The number of aliphatic hydroxyl groups is 1. The van der Waals surface area contributed by atoms with Gasteiger partial charge in [0.25, 0.3) is 5.56 Å². The molecule has 1 aliphatic rings. The lowest BCUT2D eigenvalue weighted by Gasteiger charge is -2.33. The number of halogens is 1. The number of nitrogens with zero attached hydrogens (tertiary/aromatic N) is 2. The van der Waals surface area contributed by atoms with E-state index in [0.717, 1.165) is 25.8 Å². The van der Waals surface area contributed by atoms with E-state index >= 15 is 0 Å². The van der Waals surface area contributed by atoms with E-state index in [4.69, 9.17) is 4.74 Å². The Bertz CT molecular complexity index is 961. The number of quaternary nitrogens is 1. The van der Waals surface area contributed by atoms with Crippen LogP contribution in [0, 0.1) is 6.92 Å². The molecule has 0 bridgehead atoms. The van der Waals surface area contributed by atoms with E-state index in [9.17, 15) is 19.5 Å². The number of nitrogens with one attached hydrogen (secondary N) is 1. The maximum absolute atomic E-state index is 12.4. The van der Waals surface area contributed by atoms with Crippen LogP contribution in [0.5, 0.6) is 0 Å². The van der Waals surface area contributed by atoms with E-state index in [0.29, 0.717) is 41.6 Å².